The summed E-state index contributed by atoms with van der Waals surface area (Å²) < 4.78 is 0. The largest absolute Gasteiger partial charge is 0.371 e. The fraction of sp³-hybridized carbons (Fsp3) is 0.577. The van der Waals surface area contributed by atoms with Crippen LogP contribution in [-0.2, 0) is 4.79 Å². The lowest BCUT2D eigenvalue weighted by Crippen LogP contribution is -2.29. The standard InChI is InChI=1S/C26H38N2O/c1-18-14-21(15-19(2)24(18)27-23(29)16-25(3,4)5)28-13-12-26(6,7)22-11-9-8-10-20(22)17-28/h8-9,11,14-15,20H,10,12-13,16-17H2,1-7H3,(H,27,29). The van der Waals surface area contributed by atoms with Gasteiger partial charge in [0.25, 0.3) is 0 Å². The summed E-state index contributed by atoms with van der Waals surface area (Å²) in [6, 6.07) is 4.50. The van der Waals surface area contributed by atoms with Crippen molar-refractivity contribution >= 4 is 17.3 Å². The number of benzene rings is 1. The Bertz CT molecular complexity index is 816. The van der Waals surface area contributed by atoms with E-state index in [1.807, 2.05) is 0 Å². The maximum Gasteiger partial charge on any atom is 0.224 e. The lowest BCUT2D eigenvalue weighted by Gasteiger charge is -2.32. The molecule has 3 heteroatoms. The minimum Gasteiger partial charge on any atom is -0.371 e. The van der Waals surface area contributed by atoms with Gasteiger partial charge in [-0.1, -0.05) is 58.4 Å². The fourth-order valence-corrected chi connectivity index (χ4v) is 4.76. The quantitative estimate of drug-likeness (QED) is 0.642. The van der Waals surface area contributed by atoms with E-state index in [9.17, 15) is 4.79 Å². The van der Waals surface area contributed by atoms with Crippen LogP contribution < -0.4 is 10.2 Å². The number of aryl methyl sites for hydroxylation is 2. The Balaban J connectivity index is 1.82. The second-order valence-electron chi connectivity index (χ2n) is 10.8. The summed E-state index contributed by atoms with van der Waals surface area (Å²) in [7, 11) is 0. The maximum atomic E-state index is 12.5. The molecule has 1 aromatic rings. The van der Waals surface area contributed by atoms with Crippen molar-refractivity contribution in [2.24, 2.45) is 16.7 Å². The van der Waals surface area contributed by atoms with Crippen molar-refractivity contribution in [1.29, 1.82) is 0 Å². The Labute approximate surface area is 177 Å². The third kappa shape index (κ3) is 5.12. The Kier molecular flexibility index (Phi) is 5.98. The average Bonchev–Trinajstić information content (AvgIpc) is 2.73. The number of rotatable bonds is 3. The molecule has 29 heavy (non-hydrogen) atoms. The number of carbonyl (C=O) groups is 1. The third-order valence-corrected chi connectivity index (χ3v) is 6.34. The molecule has 0 spiro atoms. The van der Waals surface area contributed by atoms with Crippen molar-refractivity contribution in [3.63, 3.8) is 0 Å². The summed E-state index contributed by atoms with van der Waals surface area (Å²) >= 11 is 0. The summed E-state index contributed by atoms with van der Waals surface area (Å²) in [6.07, 6.45) is 9.70. The van der Waals surface area contributed by atoms with E-state index in [-0.39, 0.29) is 16.7 Å². The van der Waals surface area contributed by atoms with Crippen molar-refractivity contribution in [3.05, 3.63) is 47.1 Å². The number of amides is 1. The topological polar surface area (TPSA) is 32.3 Å². The van der Waals surface area contributed by atoms with Crippen LogP contribution >= 0.6 is 0 Å². The van der Waals surface area contributed by atoms with Crippen molar-refractivity contribution < 1.29 is 4.79 Å². The van der Waals surface area contributed by atoms with Gasteiger partial charge in [0.15, 0.2) is 0 Å². The number of nitrogens with one attached hydrogen (secondary N) is 1. The van der Waals surface area contributed by atoms with Gasteiger partial charge in [0.2, 0.25) is 5.91 Å². The molecular formula is C26H38N2O. The van der Waals surface area contributed by atoms with Crippen LogP contribution in [0.15, 0.2) is 35.9 Å². The zero-order valence-corrected chi connectivity index (χ0v) is 19.4. The van der Waals surface area contributed by atoms with Crippen LogP contribution in [-0.4, -0.2) is 19.0 Å². The number of fused-ring (bicyclic) bond motifs is 1. The molecule has 1 heterocycles. The van der Waals surface area contributed by atoms with Gasteiger partial charge in [0.05, 0.1) is 0 Å². The fourth-order valence-electron chi connectivity index (χ4n) is 4.76. The van der Waals surface area contributed by atoms with E-state index < -0.39 is 0 Å². The second-order valence-corrected chi connectivity index (χ2v) is 10.8. The number of carbonyl (C=O) groups excluding carboxylic acids is 1. The third-order valence-electron chi connectivity index (χ3n) is 6.34. The lowest BCUT2D eigenvalue weighted by atomic mass is 9.73. The van der Waals surface area contributed by atoms with Crippen LogP contribution in [0.3, 0.4) is 0 Å². The van der Waals surface area contributed by atoms with E-state index in [4.69, 9.17) is 0 Å². The highest BCUT2D eigenvalue weighted by atomic mass is 16.1. The van der Waals surface area contributed by atoms with E-state index in [1.54, 1.807) is 5.57 Å². The van der Waals surface area contributed by atoms with E-state index in [1.165, 1.54) is 5.69 Å². The highest BCUT2D eigenvalue weighted by Crippen LogP contribution is 2.42. The molecule has 1 fully saturated rings. The molecule has 3 nitrogen and oxygen atoms in total. The molecule has 0 radical (unpaired) electrons. The minimum absolute atomic E-state index is 0.00957. The Hall–Kier alpha value is -2.03. The molecule has 1 aliphatic heterocycles. The second kappa shape index (κ2) is 8.01. The maximum absolute atomic E-state index is 12.5. The van der Waals surface area contributed by atoms with Gasteiger partial charge in [-0.05, 0) is 60.8 Å². The first-order chi connectivity index (χ1) is 13.5. The van der Waals surface area contributed by atoms with Gasteiger partial charge in [-0.2, -0.15) is 0 Å². The number of allylic oxidation sites excluding steroid dienone is 3. The summed E-state index contributed by atoms with van der Waals surface area (Å²) in [5, 5.41) is 3.16. The minimum atomic E-state index is -0.00957. The molecule has 2 aliphatic rings. The van der Waals surface area contributed by atoms with Crippen LogP contribution in [0.4, 0.5) is 11.4 Å². The number of nitrogens with zero attached hydrogens (tertiary/aromatic N) is 1. The Morgan fingerprint density at radius 3 is 2.48 bits per heavy atom. The summed E-state index contributed by atoms with van der Waals surface area (Å²) in [5.41, 5.74) is 6.37. The zero-order chi connectivity index (χ0) is 21.4. The van der Waals surface area contributed by atoms with Crippen LogP contribution in [0.25, 0.3) is 0 Å². The SMILES string of the molecule is Cc1cc(N2CCC(C)(C)C3=CC=CCC3C2)cc(C)c1NC(=O)CC(C)(C)C. The molecule has 1 atom stereocenters. The summed E-state index contributed by atoms with van der Waals surface area (Å²) in [4.78, 5) is 15.0. The molecular weight excluding hydrogens is 356 g/mol. The predicted octanol–water partition coefficient (Wildman–Crippen LogP) is 6.42. The van der Waals surface area contributed by atoms with Crippen molar-refractivity contribution in [1.82, 2.24) is 0 Å². The molecule has 0 aromatic heterocycles. The predicted molar refractivity (Wildman–Crippen MR) is 125 cm³/mol. The van der Waals surface area contributed by atoms with Crippen LogP contribution in [0.5, 0.6) is 0 Å². The number of anilines is 2. The first-order valence-corrected chi connectivity index (χ1v) is 11.0. The van der Waals surface area contributed by atoms with Gasteiger partial charge < -0.3 is 10.2 Å². The Morgan fingerprint density at radius 2 is 1.86 bits per heavy atom. The van der Waals surface area contributed by atoms with Crippen LogP contribution in [0, 0.1) is 30.6 Å². The lowest BCUT2D eigenvalue weighted by molar-refractivity contribution is -0.117. The van der Waals surface area contributed by atoms with Gasteiger partial charge in [-0.25, -0.2) is 0 Å². The van der Waals surface area contributed by atoms with Gasteiger partial charge in [0, 0.05) is 36.8 Å². The molecule has 1 aliphatic carbocycles. The highest BCUT2D eigenvalue weighted by molar-refractivity contribution is 5.93. The monoisotopic (exact) mass is 394 g/mol. The number of hydrogen-bond acceptors (Lipinski definition) is 2. The molecule has 1 unspecified atom stereocenters. The molecule has 1 N–H and O–H groups in total. The Morgan fingerprint density at radius 1 is 1.21 bits per heavy atom. The first-order valence-electron chi connectivity index (χ1n) is 11.0. The summed E-state index contributed by atoms with van der Waals surface area (Å²) in [6.45, 7) is 17.4. The van der Waals surface area contributed by atoms with E-state index >= 15 is 0 Å². The molecule has 158 valence electrons. The molecule has 1 aromatic carbocycles. The van der Waals surface area contributed by atoms with E-state index in [2.05, 4.69) is 89.0 Å². The van der Waals surface area contributed by atoms with Crippen molar-refractivity contribution in [2.45, 2.75) is 67.7 Å². The van der Waals surface area contributed by atoms with Gasteiger partial charge >= 0.3 is 0 Å². The molecule has 0 saturated carbocycles. The molecule has 0 bridgehead atoms. The van der Waals surface area contributed by atoms with Crippen LogP contribution in [0.2, 0.25) is 0 Å². The first kappa shape index (κ1) is 21.7. The highest BCUT2D eigenvalue weighted by Gasteiger charge is 2.34. The van der Waals surface area contributed by atoms with Gasteiger partial charge in [-0.3, -0.25) is 4.79 Å². The van der Waals surface area contributed by atoms with Gasteiger partial charge in [-0.15, -0.1) is 0 Å². The zero-order valence-electron chi connectivity index (χ0n) is 19.4. The van der Waals surface area contributed by atoms with Crippen molar-refractivity contribution in [3.8, 4) is 0 Å². The van der Waals surface area contributed by atoms with Crippen LogP contribution in [0.1, 0.15) is 65.0 Å². The van der Waals surface area contributed by atoms with Crippen molar-refractivity contribution in [2.75, 3.05) is 23.3 Å². The summed E-state index contributed by atoms with van der Waals surface area (Å²) in [5.74, 6) is 0.682. The molecule has 1 saturated heterocycles. The smallest absolute Gasteiger partial charge is 0.224 e. The number of hydrogen-bond donors (Lipinski definition) is 1. The molecule has 1 amide bonds. The normalized spacial score (nSPS) is 21.3. The van der Waals surface area contributed by atoms with E-state index in [0.29, 0.717) is 12.3 Å². The average molecular weight is 395 g/mol. The van der Waals surface area contributed by atoms with Gasteiger partial charge in [0.1, 0.15) is 0 Å². The van der Waals surface area contributed by atoms with E-state index in [0.717, 1.165) is 42.7 Å². The molecule has 3 rings (SSSR count).